The molecule has 1 heterocycles. The average Bonchev–Trinajstić information content (AvgIpc) is 2.39. The number of carbonyl (C=O) groups is 1. The third-order valence-corrected chi connectivity index (χ3v) is 2.55. The number of rotatable bonds is 5. The number of benzene rings is 1. The van der Waals surface area contributed by atoms with E-state index >= 15 is 0 Å². The summed E-state index contributed by atoms with van der Waals surface area (Å²) < 4.78 is 13.0. The number of nitrogens with zero attached hydrogens (tertiary/aromatic N) is 1. The predicted molar refractivity (Wildman–Crippen MR) is 68.1 cm³/mol. The number of nitrogens with one attached hydrogen (secondary N) is 1. The molecule has 0 radical (unpaired) electrons. The van der Waals surface area contributed by atoms with Crippen molar-refractivity contribution >= 4 is 5.97 Å². The molecule has 0 aliphatic heterocycles. The third kappa shape index (κ3) is 3.86. The van der Waals surface area contributed by atoms with E-state index in [2.05, 4.69) is 10.3 Å². The number of aromatic carboxylic acids is 1. The van der Waals surface area contributed by atoms with Gasteiger partial charge in [-0.3, -0.25) is 0 Å². The molecular formula is C14H13FN2O2. The summed E-state index contributed by atoms with van der Waals surface area (Å²) in [5, 5.41) is 11.9. The van der Waals surface area contributed by atoms with Gasteiger partial charge in [0.05, 0.1) is 5.69 Å². The van der Waals surface area contributed by atoms with Crippen molar-refractivity contribution in [2.24, 2.45) is 0 Å². The van der Waals surface area contributed by atoms with E-state index in [0.717, 1.165) is 5.56 Å². The lowest BCUT2D eigenvalue weighted by atomic mass is 10.2. The third-order valence-electron chi connectivity index (χ3n) is 2.55. The van der Waals surface area contributed by atoms with Crippen LogP contribution in [0.2, 0.25) is 0 Å². The molecule has 0 spiro atoms. The van der Waals surface area contributed by atoms with Crippen LogP contribution in [0.4, 0.5) is 4.39 Å². The van der Waals surface area contributed by atoms with Gasteiger partial charge in [0.2, 0.25) is 0 Å². The van der Waals surface area contributed by atoms with Gasteiger partial charge in [-0.1, -0.05) is 18.2 Å². The number of carboxylic acid groups (broad SMARTS) is 1. The largest absolute Gasteiger partial charge is 0.477 e. The van der Waals surface area contributed by atoms with Crippen LogP contribution in [-0.2, 0) is 13.1 Å². The molecule has 0 amide bonds. The minimum atomic E-state index is -1.05. The van der Waals surface area contributed by atoms with Gasteiger partial charge in [-0.25, -0.2) is 14.2 Å². The average molecular weight is 260 g/mol. The van der Waals surface area contributed by atoms with Gasteiger partial charge in [0.25, 0.3) is 0 Å². The van der Waals surface area contributed by atoms with E-state index in [4.69, 9.17) is 5.11 Å². The van der Waals surface area contributed by atoms with Crippen LogP contribution in [0.15, 0.2) is 42.5 Å². The maximum absolute atomic E-state index is 13.0. The molecule has 4 nitrogen and oxygen atoms in total. The molecule has 0 unspecified atom stereocenters. The number of pyridine rings is 1. The quantitative estimate of drug-likeness (QED) is 0.865. The molecule has 98 valence electrons. The second kappa shape index (κ2) is 6.06. The molecule has 1 aromatic carbocycles. The molecule has 0 atom stereocenters. The van der Waals surface area contributed by atoms with E-state index in [1.54, 1.807) is 18.2 Å². The summed E-state index contributed by atoms with van der Waals surface area (Å²) in [5.74, 6) is -1.32. The van der Waals surface area contributed by atoms with Crippen LogP contribution in [0.1, 0.15) is 21.7 Å². The highest BCUT2D eigenvalue weighted by molar-refractivity contribution is 5.85. The van der Waals surface area contributed by atoms with Gasteiger partial charge in [0.15, 0.2) is 0 Å². The Morgan fingerprint density at radius 1 is 1.21 bits per heavy atom. The van der Waals surface area contributed by atoms with Crippen molar-refractivity contribution in [1.82, 2.24) is 10.3 Å². The van der Waals surface area contributed by atoms with Crippen molar-refractivity contribution in [2.45, 2.75) is 13.1 Å². The van der Waals surface area contributed by atoms with Crippen molar-refractivity contribution in [2.75, 3.05) is 0 Å². The topological polar surface area (TPSA) is 62.2 Å². The second-order valence-electron chi connectivity index (χ2n) is 4.05. The van der Waals surface area contributed by atoms with E-state index in [1.807, 2.05) is 6.07 Å². The maximum atomic E-state index is 13.0. The van der Waals surface area contributed by atoms with E-state index in [-0.39, 0.29) is 11.5 Å². The lowest BCUT2D eigenvalue weighted by Crippen LogP contribution is -2.14. The molecule has 1 aromatic heterocycles. The Bertz CT molecular complexity index is 587. The zero-order chi connectivity index (χ0) is 13.7. The Morgan fingerprint density at radius 3 is 2.74 bits per heavy atom. The van der Waals surface area contributed by atoms with Gasteiger partial charge in [0, 0.05) is 13.1 Å². The summed E-state index contributed by atoms with van der Waals surface area (Å²) >= 11 is 0. The summed E-state index contributed by atoms with van der Waals surface area (Å²) in [6.07, 6.45) is 0. The summed E-state index contributed by atoms with van der Waals surface area (Å²) in [6.45, 7) is 0.925. The molecule has 0 saturated carbocycles. The van der Waals surface area contributed by atoms with Gasteiger partial charge in [-0.15, -0.1) is 0 Å². The Labute approximate surface area is 109 Å². The summed E-state index contributed by atoms with van der Waals surface area (Å²) in [7, 11) is 0. The Kier molecular flexibility index (Phi) is 4.20. The highest BCUT2D eigenvalue weighted by Gasteiger charge is 2.04. The van der Waals surface area contributed by atoms with Gasteiger partial charge in [-0.05, 0) is 29.8 Å². The number of carboxylic acids is 1. The molecule has 2 rings (SSSR count). The normalized spacial score (nSPS) is 10.4. The first-order valence-corrected chi connectivity index (χ1v) is 5.79. The van der Waals surface area contributed by atoms with Crippen LogP contribution in [0, 0.1) is 5.82 Å². The Morgan fingerprint density at radius 2 is 2.00 bits per heavy atom. The Balaban J connectivity index is 1.92. The van der Waals surface area contributed by atoms with E-state index < -0.39 is 5.97 Å². The minimum Gasteiger partial charge on any atom is -0.477 e. The van der Waals surface area contributed by atoms with Gasteiger partial charge in [0.1, 0.15) is 11.5 Å². The SMILES string of the molecule is O=C(O)c1cccc(CNCc2cccc(F)c2)n1. The molecule has 0 fully saturated rings. The number of hydrogen-bond donors (Lipinski definition) is 2. The van der Waals surface area contributed by atoms with Crippen LogP contribution in [0.3, 0.4) is 0 Å². The Hall–Kier alpha value is -2.27. The summed E-state index contributed by atoms with van der Waals surface area (Å²) in [4.78, 5) is 14.7. The fourth-order valence-corrected chi connectivity index (χ4v) is 1.68. The fourth-order valence-electron chi connectivity index (χ4n) is 1.68. The molecule has 0 bridgehead atoms. The molecule has 0 aliphatic carbocycles. The van der Waals surface area contributed by atoms with Gasteiger partial charge >= 0.3 is 5.97 Å². The monoisotopic (exact) mass is 260 g/mol. The molecule has 0 aliphatic rings. The molecule has 2 N–H and O–H groups in total. The first kappa shape index (κ1) is 13.2. The number of halogens is 1. The lowest BCUT2D eigenvalue weighted by Gasteiger charge is -2.05. The highest BCUT2D eigenvalue weighted by atomic mass is 19.1. The molecule has 2 aromatic rings. The van der Waals surface area contributed by atoms with Crippen LogP contribution in [-0.4, -0.2) is 16.1 Å². The zero-order valence-electron chi connectivity index (χ0n) is 10.1. The lowest BCUT2D eigenvalue weighted by molar-refractivity contribution is 0.0690. The number of hydrogen-bond acceptors (Lipinski definition) is 3. The van der Waals surface area contributed by atoms with Crippen molar-refractivity contribution in [1.29, 1.82) is 0 Å². The van der Waals surface area contributed by atoms with Crippen molar-refractivity contribution in [3.63, 3.8) is 0 Å². The van der Waals surface area contributed by atoms with Gasteiger partial charge < -0.3 is 10.4 Å². The van der Waals surface area contributed by atoms with Crippen LogP contribution in [0.25, 0.3) is 0 Å². The molecule has 5 heteroatoms. The van der Waals surface area contributed by atoms with Crippen molar-refractivity contribution in [3.8, 4) is 0 Å². The van der Waals surface area contributed by atoms with Crippen LogP contribution < -0.4 is 5.32 Å². The second-order valence-corrected chi connectivity index (χ2v) is 4.05. The molecular weight excluding hydrogens is 247 g/mol. The maximum Gasteiger partial charge on any atom is 0.354 e. The summed E-state index contributed by atoms with van der Waals surface area (Å²) in [6, 6.07) is 11.1. The van der Waals surface area contributed by atoms with Crippen LogP contribution in [0.5, 0.6) is 0 Å². The van der Waals surface area contributed by atoms with Crippen molar-refractivity contribution in [3.05, 3.63) is 65.2 Å². The highest BCUT2D eigenvalue weighted by Crippen LogP contribution is 2.04. The first-order valence-electron chi connectivity index (χ1n) is 5.79. The summed E-state index contributed by atoms with van der Waals surface area (Å²) in [5.41, 5.74) is 1.48. The van der Waals surface area contributed by atoms with Gasteiger partial charge in [-0.2, -0.15) is 0 Å². The standard InChI is InChI=1S/C14H13FN2O2/c15-11-4-1-3-10(7-11)8-16-9-12-5-2-6-13(17-12)14(18)19/h1-7,16H,8-9H2,(H,18,19). The van der Waals surface area contributed by atoms with E-state index in [0.29, 0.717) is 18.8 Å². The molecule has 19 heavy (non-hydrogen) atoms. The van der Waals surface area contributed by atoms with E-state index in [9.17, 15) is 9.18 Å². The predicted octanol–water partition coefficient (Wildman–Crippen LogP) is 2.21. The smallest absolute Gasteiger partial charge is 0.354 e. The molecule has 0 saturated heterocycles. The van der Waals surface area contributed by atoms with E-state index in [1.165, 1.54) is 18.2 Å². The van der Waals surface area contributed by atoms with Crippen molar-refractivity contribution < 1.29 is 14.3 Å². The first-order chi connectivity index (χ1) is 9.15. The number of aromatic nitrogens is 1. The fraction of sp³-hybridized carbons (Fsp3) is 0.143. The van der Waals surface area contributed by atoms with Crippen LogP contribution >= 0.6 is 0 Å². The zero-order valence-corrected chi connectivity index (χ0v) is 10.1. The minimum absolute atomic E-state index is 0.0186.